The van der Waals surface area contributed by atoms with E-state index >= 15 is 0 Å². The van der Waals surface area contributed by atoms with Crippen LogP contribution in [0.25, 0.3) is 22.3 Å². The lowest BCUT2D eigenvalue weighted by molar-refractivity contribution is -0.0767. The molecule has 6 aromatic heterocycles. The maximum absolute atomic E-state index is 10.8. The van der Waals surface area contributed by atoms with Crippen molar-refractivity contribution in [2.24, 2.45) is 0 Å². The second-order valence-electron chi connectivity index (χ2n) is 12.8. The van der Waals surface area contributed by atoms with Crippen LogP contribution in [0.1, 0.15) is 23.8 Å². The highest BCUT2D eigenvalue weighted by atomic mass is 16.6. The molecule has 0 saturated carbocycles. The Balaban J connectivity index is 0.793. The van der Waals surface area contributed by atoms with Crippen LogP contribution in [-0.2, 0) is 50.0 Å². The van der Waals surface area contributed by atoms with E-state index in [1.165, 1.54) is 25.3 Å². The molecular weight excluding hydrogens is 728 g/mol. The Bertz CT molecular complexity index is 2060. The average molecular weight is 767 g/mol. The Morgan fingerprint density at radius 2 is 1.11 bits per heavy atom. The van der Waals surface area contributed by atoms with Crippen LogP contribution in [0.5, 0.6) is 0 Å². The van der Waals surface area contributed by atoms with Gasteiger partial charge in [-0.2, -0.15) is 0 Å². The van der Waals surface area contributed by atoms with Gasteiger partial charge >= 0.3 is 0 Å². The Morgan fingerprint density at radius 3 is 1.55 bits per heavy atom. The lowest BCUT2D eigenvalue weighted by Gasteiger charge is -2.21. The van der Waals surface area contributed by atoms with Crippen molar-refractivity contribution in [3.8, 4) is 0 Å². The van der Waals surface area contributed by atoms with E-state index in [0.717, 1.165) is 0 Å². The summed E-state index contributed by atoms with van der Waals surface area (Å²) in [6.07, 6.45) is 1.40. The quantitative estimate of drug-likeness (QED) is 0.0525. The lowest BCUT2D eigenvalue weighted by atomic mass is 10.1. The third kappa shape index (κ3) is 7.26. The van der Waals surface area contributed by atoms with E-state index in [1.807, 2.05) is 0 Å². The molecular formula is C30H38N16O9. The molecule has 0 unspecified atom stereocenters. The van der Waals surface area contributed by atoms with Crippen molar-refractivity contribution in [2.45, 2.75) is 75.4 Å². The fraction of sp³-hybridized carbons (Fsp3) is 0.533. The van der Waals surface area contributed by atoms with Gasteiger partial charge in [-0.05, 0) is 0 Å². The maximum Gasteiger partial charge on any atom is 0.167 e. The van der Waals surface area contributed by atoms with Gasteiger partial charge in [0.2, 0.25) is 0 Å². The van der Waals surface area contributed by atoms with Gasteiger partial charge < -0.3 is 55.6 Å². The van der Waals surface area contributed by atoms with Crippen molar-refractivity contribution in [1.82, 2.24) is 69.0 Å². The minimum Gasteiger partial charge on any atom is -0.394 e. The minimum atomic E-state index is -1.14. The monoisotopic (exact) mass is 766 g/mol. The molecule has 0 aromatic carbocycles. The summed E-state index contributed by atoms with van der Waals surface area (Å²) in [5, 5.41) is 57.8. The van der Waals surface area contributed by atoms with Gasteiger partial charge in [0.25, 0.3) is 0 Å². The number of rotatable bonds is 16. The van der Waals surface area contributed by atoms with E-state index in [4.69, 9.17) is 35.2 Å². The maximum atomic E-state index is 10.8. The molecule has 0 amide bonds. The summed E-state index contributed by atoms with van der Waals surface area (Å²) in [5.41, 5.74) is 14.4. The predicted molar refractivity (Wildman–Crippen MR) is 181 cm³/mol. The number of aliphatic hydroxyl groups is 4. The lowest BCUT2D eigenvalue weighted by Crippen LogP contribution is -2.35. The first-order valence-corrected chi connectivity index (χ1v) is 17.2. The van der Waals surface area contributed by atoms with E-state index in [-0.39, 0.29) is 24.8 Å². The van der Waals surface area contributed by atoms with Gasteiger partial charge in [-0.3, -0.25) is 9.13 Å². The van der Waals surface area contributed by atoms with Crippen molar-refractivity contribution < 1.29 is 44.1 Å². The molecule has 25 heteroatoms. The number of anilines is 2. The molecule has 292 valence electrons. The summed E-state index contributed by atoms with van der Waals surface area (Å²) in [6.45, 7) is 0.634. The van der Waals surface area contributed by atoms with E-state index in [0.29, 0.717) is 60.0 Å². The zero-order valence-electron chi connectivity index (χ0n) is 29.0. The molecule has 55 heavy (non-hydrogen) atoms. The van der Waals surface area contributed by atoms with Crippen LogP contribution in [0.3, 0.4) is 0 Å². The molecule has 2 aliphatic heterocycles. The zero-order valence-corrected chi connectivity index (χ0v) is 29.0. The topological polar surface area (TPSA) is 328 Å². The summed E-state index contributed by atoms with van der Waals surface area (Å²) in [7, 11) is 0. The highest BCUT2D eigenvalue weighted by Crippen LogP contribution is 2.35. The summed E-state index contributed by atoms with van der Waals surface area (Å²) >= 11 is 0. The molecule has 2 saturated heterocycles. The molecule has 8 atom stereocenters. The van der Waals surface area contributed by atoms with Gasteiger partial charge in [0.05, 0.1) is 77.8 Å². The third-order valence-electron chi connectivity index (χ3n) is 9.26. The van der Waals surface area contributed by atoms with Gasteiger partial charge in [-0.25, -0.2) is 39.3 Å². The van der Waals surface area contributed by atoms with E-state index in [1.54, 1.807) is 30.9 Å². The summed E-state index contributed by atoms with van der Waals surface area (Å²) in [5.74, 6) is 0.394. The highest BCUT2D eigenvalue weighted by molar-refractivity contribution is 5.81. The molecule has 8 rings (SSSR count). The van der Waals surface area contributed by atoms with Crippen LogP contribution in [0.4, 0.5) is 11.6 Å². The van der Waals surface area contributed by atoms with Gasteiger partial charge in [-0.15, -0.1) is 10.2 Å². The SMILES string of the molecule is Nc1ncnc2c1ncn2[C@@H]1O[C@H](CO)[C@@H](O)[C@H]1OCc1cn(CCOCCn2cc(CO[C@@H]3[C@H](O)[C@@H](CO)O[C@H]3n3cnc4c(N)ncnc43)nn2)nn1. The smallest absolute Gasteiger partial charge is 0.167 e. The summed E-state index contributed by atoms with van der Waals surface area (Å²) < 4.78 is 36.0. The Hall–Kier alpha value is -5.38. The zero-order chi connectivity index (χ0) is 38.1. The van der Waals surface area contributed by atoms with Crippen LogP contribution in [0.15, 0.2) is 37.7 Å². The number of nitrogen functional groups attached to an aromatic ring is 2. The van der Waals surface area contributed by atoms with Crippen molar-refractivity contribution in [2.75, 3.05) is 37.9 Å². The first-order chi connectivity index (χ1) is 26.8. The van der Waals surface area contributed by atoms with Gasteiger partial charge in [0.1, 0.15) is 71.7 Å². The Labute approximate surface area is 309 Å². The molecule has 0 aliphatic carbocycles. The summed E-state index contributed by atoms with van der Waals surface area (Å²) in [4.78, 5) is 24.9. The molecule has 25 nitrogen and oxygen atoms in total. The van der Waals surface area contributed by atoms with Crippen molar-refractivity contribution in [1.29, 1.82) is 0 Å². The van der Waals surface area contributed by atoms with E-state index < -0.39 is 62.3 Å². The van der Waals surface area contributed by atoms with Crippen molar-refractivity contribution >= 4 is 34.0 Å². The van der Waals surface area contributed by atoms with E-state index in [2.05, 4.69) is 50.5 Å². The van der Waals surface area contributed by atoms with Crippen LogP contribution >= 0.6 is 0 Å². The Kier molecular flexibility index (Phi) is 10.5. The second kappa shape index (κ2) is 15.8. The molecule has 0 spiro atoms. The molecule has 8 heterocycles. The number of aliphatic hydroxyl groups excluding tert-OH is 4. The standard InChI is InChI=1S/C30H38N16O9/c31-25-19-27(35-11-33-25)45(13-37-19)29-23(21(49)17(7-47)54-29)52-9-15-5-43(41-39-15)1-3-51-4-2-44-6-16(40-42-44)10-53-24-22(50)18(8-48)55-30(24)46-14-38-20-26(32)34-12-36-28(20)46/h5-6,11-14,17-18,21-24,29-30,47-50H,1-4,7-10H2,(H2,31,33,35)(H2,32,34,36)/t17-,18-,21-,22-,23-,24-,29-,30-/m1/s1. The van der Waals surface area contributed by atoms with Crippen LogP contribution in [0, 0.1) is 0 Å². The number of hydrogen-bond donors (Lipinski definition) is 6. The number of hydrogen-bond acceptors (Lipinski definition) is 21. The number of nitrogens with zero attached hydrogens (tertiary/aromatic N) is 14. The molecule has 0 radical (unpaired) electrons. The molecule has 2 aliphatic rings. The predicted octanol–water partition coefficient (Wildman–Crippen LogP) is -3.30. The van der Waals surface area contributed by atoms with Crippen LogP contribution in [0.2, 0.25) is 0 Å². The van der Waals surface area contributed by atoms with Gasteiger partial charge in [-0.1, -0.05) is 10.4 Å². The number of nitrogens with two attached hydrogens (primary N) is 2. The van der Waals surface area contributed by atoms with Gasteiger partial charge in [0.15, 0.2) is 35.4 Å². The normalized spacial score (nSPS) is 25.5. The fourth-order valence-electron chi connectivity index (χ4n) is 6.47. The van der Waals surface area contributed by atoms with Crippen molar-refractivity contribution in [3.63, 3.8) is 0 Å². The van der Waals surface area contributed by atoms with Crippen molar-refractivity contribution in [3.05, 3.63) is 49.1 Å². The molecule has 0 bridgehead atoms. The largest absolute Gasteiger partial charge is 0.394 e. The fourth-order valence-corrected chi connectivity index (χ4v) is 6.47. The van der Waals surface area contributed by atoms with Crippen LogP contribution < -0.4 is 11.5 Å². The minimum absolute atomic E-state index is 0.00259. The molecule has 8 N–H and O–H groups in total. The summed E-state index contributed by atoms with van der Waals surface area (Å²) in [6, 6.07) is 0. The number of fused-ring (bicyclic) bond motifs is 2. The van der Waals surface area contributed by atoms with Crippen LogP contribution in [-0.4, -0.2) is 153 Å². The first-order valence-electron chi connectivity index (χ1n) is 17.2. The number of imidazole rings is 2. The number of aromatic nitrogens is 14. The molecule has 2 fully saturated rings. The highest BCUT2D eigenvalue weighted by Gasteiger charge is 2.47. The second-order valence-corrected chi connectivity index (χ2v) is 12.8. The first kappa shape index (κ1) is 36.6. The van der Waals surface area contributed by atoms with E-state index in [9.17, 15) is 20.4 Å². The Morgan fingerprint density at radius 1 is 0.655 bits per heavy atom. The molecule has 6 aromatic rings. The van der Waals surface area contributed by atoms with Gasteiger partial charge in [0, 0.05) is 0 Å². The number of ether oxygens (including phenoxy) is 5. The average Bonchev–Trinajstić information content (AvgIpc) is 4.05. The third-order valence-corrected chi connectivity index (χ3v) is 9.26.